The standard InChI is InChI=1S/C22H29N3O3/c1-4-18-7-5-6-12-25(18)21-14-17(10-11-23-21)22(26)24-15-16-8-9-19(27-2)20(13-16)28-3/h8-11,13-14,18H,4-7,12,15H2,1-3H3,(H,24,26). The van der Waals surface area contributed by atoms with E-state index in [-0.39, 0.29) is 5.91 Å². The Morgan fingerprint density at radius 3 is 2.75 bits per heavy atom. The minimum absolute atomic E-state index is 0.108. The van der Waals surface area contributed by atoms with E-state index >= 15 is 0 Å². The van der Waals surface area contributed by atoms with Crippen LogP contribution in [0.5, 0.6) is 11.5 Å². The van der Waals surface area contributed by atoms with Gasteiger partial charge in [-0.05, 0) is 55.5 Å². The normalized spacial score (nSPS) is 16.5. The molecule has 1 aromatic heterocycles. The maximum atomic E-state index is 12.7. The summed E-state index contributed by atoms with van der Waals surface area (Å²) in [5.41, 5.74) is 1.58. The van der Waals surface area contributed by atoms with Crippen LogP contribution in [0, 0.1) is 0 Å². The average Bonchev–Trinajstić information content (AvgIpc) is 2.77. The Hall–Kier alpha value is -2.76. The predicted octanol–water partition coefficient (Wildman–Crippen LogP) is 3.80. The maximum Gasteiger partial charge on any atom is 0.251 e. The molecule has 1 fully saturated rings. The predicted molar refractivity (Wildman–Crippen MR) is 110 cm³/mol. The van der Waals surface area contributed by atoms with Gasteiger partial charge in [-0.3, -0.25) is 4.79 Å². The Morgan fingerprint density at radius 2 is 2.00 bits per heavy atom. The van der Waals surface area contributed by atoms with E-state index in [1.807, 2.05) is 24.3 Å². The highest BCUT2D eigenvalue weighted by Crippen LogP contribution is 2.28. The molecule has 28 heavy (non-hydrogen) atoms. The minimum Gasteiger partial charge on any atom is -0.493 e. The number of nitrogens with zero attached hydrogens (tertiary/aromatic N) is 2. The third kappa shape index (κ3) is 4.55. The van der Waals surface area contributed by atoms with E-state index in [1.54, 1.807) is 26.5 Å². The summed E-state index contributed by atoms with van der Waals surface area (Å²) in [6.45, 7) is 3.63. The molecule has 1 aromatic carbocycles. The number of benzene rings is 1. The third-order valence-corrected chi connectivity index (χ3v) is 5.30. The summed E-state index contributed by atoms with van der Waals surface area (Å²) < 4.78 is 10.6. The summed E-state index contributed by atoms with van der Waals surface area (Å²) in [4.78, 5) is 19.5. The number of anilines is 1. The molecule has 3 rings (SSSR count). The number of amides is 1. The van der Waals surface area contributed by atoms with E-state index < -0.39 is 0 Å². The monoisotopic (exact) mass is 383 g/mol. The Morgan fingerprint density at radius 1 is 1.18 bits per heavy atom. The molecular weight excluding hydrogens is 354 g/mol. The van der Waals surface area contributed by atoms with Gasteiger partial charge in [0.25, 0.3) is 5.91 Å². The molecule has 1 saturated heterocycles. The van der Waals surface area contributed by atoms with Crippen LogP contribution in [0.3, 0.4) is 0 Å². The fourth-order valence-corrected chi connectivity index (χ4v) is 3.72. The first-order valence-corrected chi connectivity index (χ1v) is 9.88. The number of nitrogens with one attached hydrogen (secondary N) is 1. The van der Waals surface area contributed by atoms with Gasteiger partial charge in [0.1, 0.15) is 5.82 Å². The zero-order valence-electron chi connectivity index (χ0n) is 16.9. The van der Waals surface area contributed by atoms with Crippen LogP contribution in [0.2, 0.25) is 0 Å². The van der Waals surface area contributed by atoms with E-state index in [0.29, 0.717) is 29.6 Å². The second-order valence-electron chi connectivity index (χ2n) is 7.03. The first-order valence-electron chi connectivity index (χ1n) is 9.88. The Balaban J connectivity index is 1.68. The van der Waals surface area contributed by atoms with Crippen LogP contribution in [0.25, 0.3) is 0 Å². The van der Waals surface area contributed by atoms with E-state index in [9.17, 15) is 4.79 Å². The van der Waals surface area contributed by atoms with E-state index in [4.69, 9.17) is 9.47 Å². The summed E-state index contributed by atoms with van der Waals surface area (Å²) >= 11 is 0. The highest BCUT2D eigenvalue weighted by Gasteiger charge is 2.22. The van der Waals surface area contributed by atoms with Gasteiger partial charge in [-0.15, -0.1) is 0 Å². The van der Waals surface area contributed by atoms with Crippen LogP contribution in [0.1, 0.15) is 48.5 Å². The molecule has 0 saturated carbocycles. The molecule has 2 heterocycles. The fraction of sp³-hybridized carbons (Fsp3) is 0.455. The van der Waals surface area contributed by atoms with Gasteiger partial charge in [0.05, 0.1) is 14.2 Å². The van der Waals surface area contributed by atoms with Crippen molar-refractivity contribution < 1.29 is 14.3 Å². The topological polar surface area (TPSA) is 63.7 Å². The molecule has 0 spiro atoms. The van der Waals surface area contributed by atoms with E-state index in [2.05, 4.69) is 22.1 Å². The van der Waals surface area contributed by atoms with Crippen molar-refractivity contribution >= 4 is 11.7 Å². The van der Waals surface area contributed by atoms with Crippen molar-refractivity contribution in [1.82, 2.24) is 10.3 Å². The summed E-state index contributed by atoms with van der Waals surface area (Å²) in [5, 5.41) is 2.98. The lowest BCUT2D eigenvalue weighted by molar-refractivity contribution is 0.0950. The highest BCUT2D eigenvalue weighted by molar-refractivity contribution is 5.94. The summed E-state index contributed by atoms with van der Waals surface area (Å²) in [6.07, 6.45) is 6.45. The quantitative estimate of drug-likeness (QED) is 0.788. The first kappa shape index (κ1) is 20.0. The molecule has 1 amide bonds. The average molecular weight is 383 g/mol. The van der Waals surface area contributed by atoms with Crippen LogP contribution in [0.4, 0.5) is 5.82 Å². The van der Waals surface area contributed by atoms with E-state index in [0.717, 1.165) is 24.3 Å². The van der Waals surface area contributed by atoms with Gasteiger partial charge < -0.3 is 19.7 Å². The zero-order chi connectivity index (χ0) is 19.9. The smallest absolute Gasteiger partial charge is 0.251 e. The molecule has 0 bridgehead atoms. The minimum atomic E-state index is -0.108. The number of carbonyl (C=O) groups is 1. The van der Waals surface area contributed by atoms with Gasteiger partial charge in [-0.2, -0.15) is 0 Å². The number of pyridine rings is 1. The Bertz CT molecular complexity index is 809. The van der Waals surface area contributed by atoms with E-state index in [1.165, 1.54) is 19.3 Å². The summed E-state index contributed by atoms with van der Waals surface area (Å²) in [7, 11) is 3.20. The van der Waals surface area contributed by atoms with Crippen molar-refractivity contribution in [3.8, 4) is 11.5 Å². The van der Waals surface area contributed by atoms with Crippen LogP contribution in [-0.4, -0.2) is 37.7 Å². The number of carbonyl (C=O) groups excluding carboxylic acids is 1. The molecule has 0 aliphatic carbocycles. The van der Waals surface area contributed by atoms with Crippen LogP contribution in [0.15, 0.2) is 36.5 Å². The number of aromatic nitrogens is 1. The van der Waals surface area contributed by atoms with Gasteiger partial charge in [0.2, 0.25) is 0 Å². The number of methoxy groups -OCH3 is 2. The molecule has 6 heteroatoms. The maximum absolute atomic E-state index is 12.7. The summed E-state index contributed by atoms with van der Waals surface area (Å²) in [5.74, 6) is 2.10. The molecule has 1 unspecified atom stereocenters. The van der Waals surface area contributed by atoms with Crippen molar-refractivity contribution in [2.45, 2.75) is 45.2 Å². The number of piperidine rings is 1. The van der Waals surface area contributed by atoms with Crippen LogP contribution >= 0.6 is 0 Å². The summed E-state index contributed by atoms with van der Waals surface area (Å²) in [6, 6.07) is 9.80. The van der Waals surface area contributed by atoms with Crippen molar-refractivity contribution in [2.24, 2.45) is 0 Å². The Kier molecular flexibility index (Phi) is 6.74. The molecule has 1 aliphatic heterocycles. The van der Waals surface area contributed by atoms with Gasteiger partial charge in [-0.1, -0.05) is 13.0 Å². The molecule has 2 aromatic rings. The molecule has 1 aliphatic rings. The van der Waals surface area contributed by atoms with Gasteiger partial charge in [-0.25, -0.2) is 4.98 Å². The Labute approximate surface area is 166 Å². The van der Waals surface area contributed by atoms with Crippen LogP contribution in [-0.2, 0) is 6.54 Å². The fourth-order valence-electron chi connectivity index (χ4n) is 3.72. The number of ether oxygens (including phenoxy) is 2. The number of rotatable bonds is 7. The lowest BCUT2D eigenvalue weighted by atomic mass is 10.00. The third-order valence-electron chi connectivity index (χ3n) is 5.30. The first-order chi connectivity index (χ1) is 13.7. The molecule has 1 atom stereocenters. The van der Waals surface area contributed by atoms with Crippen molar-refractivity contribution in [2.75, 3.05) is 25.7 Å². The van der Waals surface area contributed by atoms with Crippen LogP contribution < -0.4 is 19.7 Å². The zero-order valence-corrected chi connectivity index (χ0v) is 16.9. The largest absolute Gasteiger partial charge is 0.493 e. The molecule has 1 N–H and O–H groups in total. The lowest BCUT2D eigenvalue weighted by Gasteiger charge is -2.36. The molecular formula is C22H29N3O3. The second kappa shape index (κ2) is 9.44. The lowest BCUT2D eigenvalue weighted by Crippen LogP contribution is -2.39. The number of hydrogen-bond donors (Lipinski definition) is 1. The number of hydrogen-bond acceptors (Lipinski definition) is 5. The molecule has 0 radical (unpaired) electrons. The SMILES string of the molecule is CCC1CCCCN1c1cc(C(=O)NCc2ccc(OC)c(OC)c2)ccn1. The molecule has 150 valence electrons. The van der Waals surface area contributed by atoms with Crippen molar-refractivity contribution in [3.63, 3.8) is 0 Å². The van der Waals surface area contributed by atoms with Gasteiger partial charge in [0, 0.05) is 30.9 Å². The van der Waals surface area contributed by atoms with Gasteiger partial charge in [0.15, 0.2) is 11.5 Å². The molecule has 6 nitrogen and oxygen atoms in total. The van der Waals surface area contributed by atoms with Gasteiger partial charge >= 0.3 is 0 Å². The second-order valence-corrected chi connectivity index (χ2v) is 7.03. The van der Waals surface area contributed by atoms with Crippen molar-refractivity contribution in [3.05, 3.63) is 47.7 Å². The van der Waals surface area contributed by atoms with Crippen molar-refractivity contribution in [1.29, 1.82) is 0 Å². The highest BCUT2D eigenvalue weighted by atomic mass is 16.5.